The van der Waals surface area contributed by atoms with Crippen LogP contribution in [-0.4, -0.2) is 60.7 Å². The summed E-state index contributed by atoms with van der Waals surface area (Å²) < 4.78 is 0. The number of aromatic nitrogens is 6. The predicted octanol–water partition coefficient (Wildman–Crippen LogP) is 3.89. The Morgan fingerprint density at radius 2 is 0.836 bits per heavy atom. The van der Waals surface area contributed by atoms with Crippen LogP contribution in [0.4, 0.5) is 10.7 Å². The highest BCUT2D eigenvalue weighted by molar-refractivity contribution is 7.15. The van der Waals surface area contributed by atoms with Crippen molar-refractivity contribution in [1.29, 1.82) is 0 Å². The lowest BCUT2D eigenvalue weighted by molar-refractivity contribution is -0.193. The molecule has 19 heteroatoms. The molecule has 1 aromatic carbocycles. The third-order valence-electron chi connectivity index (χ3n) is 5.03. The van der Waals surface area contributed by atoms with Crippen LogP contribution in [0.3, 0.4) is 0 Å². The Morgan fingerprint density at radius 1 is 0.473 bits per heavy atom. The SMILES string of the molecule is Cc1ccc(N)cc1C.Cc1cccc(C)n1.Cc1ccnc(C)n1.Cc1ccnc(C)n1.Cc1ncc(N)s1.O=C=O.O=C=O.O=C=O.O=C=O.O=C=O. The number of nitrogens with zero attached hydrogens (tertiary/aromatic N) is 6. The highest BCUT2D eigenvalue weighted by atomic mass is 32.1. The molecule has 0 bridgehead atoms. The number of hydrogen-bond donors (Lipinski definition) is 2. The molecule has 292 valence electrons. The monoisotopic (exact) mass is 778 g/mol. The highest BCUT2D eigenvalue weighted by Gasteiger charge is 1.90. The molecule has 4 N–H and O–H groups in total. The number of aryl methyl sites for hydroxylation is 9. The van der Waals surface area contributed by atoms with Crippen molar-refractivity contribution >= 4 is 52.8 Å². The second-order valence-electron chi connectivity index (χ2n) is 9.45. The van der Waals surface area contributed by atoms with Gasteiger partial charge in [-0.1, -0.05) is 12.1 Å². The van der Waals surface area contributed by atoms with E-state index in [1.807, 2.05) is 97.0 Å². The maximum Gasteiger partial charge on any atom is 0.373 e. The lowest BCUT2D eigenvalue weighted by atomic mass is 10.1. The Morgan fingerprint density at radius 3 is 1.02 bits per heavy atom. The summed E-state index contributed by atoms with van der Waals surface area (Å²) in [4.78, 5) is 105. The zero-order chi connectivity index (χ0) is 43.6. The van der Waals surface area contributed by atoms with Crippen molar-refractivity contribution in [3.05, 3.63) is 118 Å². The molecule has 5 rings (SSSR count). The predicted molar refractivity (Wildman–Crippen MR) is 193 cm³/mol. The number of rotatable bonds is 0. The van der Waals surface area contributed by atoms with Crippen LogP contribution in [0.2, 0.25) is 0 Å². The fourth-order valence-electron chi connectivity index (χ4n) is 2.97. The molecule has 4 heterocycles. The van der Waals surface area contributed by atoms with E-state index < -0.39 is 0 Å². The molecular formula is C36H42N8O10S. The number of benzene rings is 1. The first-order valence-electron chi connectivity index (χ1n) is 14.8. The Labute approximate surface area is 321 Å². The number of hydrogen-bond acceptors (Lipinski definition) is 19. The summed E-state index contributed by atoms with van der Waals surface area (Å²) in [6, 6.07) is 15.7. The maximum atomic E-state index is 8.12. The molecule has 0 saturated carbocycles. The minimum absolute atomic E-state index is 0.250. The number of thiazole rings is 1. The molecule has 4 aromatic heterocycles. The summed E-state index contributed by atoms with van der Waals surface area (Å²) in [5, 5.41) is 1.81. The first-order chi connectivity index (χ1) is 25.9. The number of pyridine rings is 1. The molecule has 0 atom stereocenters. The van der Waals surface area contributed by atoms with Crippen LogP contribution in [-0.2, 0) is 47.9 Å². The van der Waals surface area contributed by atoms with Crippen molar-refractivity contribution in [2.24, 2.45) is 0 Å². The normalized spacial score (nSPS) is 7.51. The van der Waals surface area contributed by atoms with E-state index in [0.29, 0.717) is 0 Å². The van der Waals surface area contributed by atoms with E-state index in [0.717, 1.165) is 50.1 Å². The van der Waals surface area contributed by atoms with E-state index in [-0.39, 0.29) is 30.8 Å². The lowest BCUT2D eigenvalue weighted by Gasteiger charge is -1.98. The summed E-state index contributed by atoms with van der Waals surface area (Å²) >= 11 is 1.51. The van der Waals surface area contributed by atoms with E-state index in [1.165, 1.54) is 22.5 Å². The van der Waals surface area contributed by atoms with Crippen molar-refractivity contribution < 1.29 is 47.9 Å². The number of anilines is 2. The summed E-state index contributed by atoms with van der Waals surface area (Å²) in [6.07, 6.45) is 6.44. The molecule has 55 heavy (non-hydrogen) atoms. The first kappa shape index (κ1) is 57.0. The average molecular weight is 779 g/mol. The molecule has 18 nitrogen and oxygen atoms in total. The standard InChI is InChI=1S/C8H11N.C7H9N.2C6H8N2.C4H6N2S.5CO2/c1-6-3-4-8(9)5-7(6)2;1-6-4-3-5-7(2)8-6;2*1-5-3-4-7-6(2)8-5;1-3-6-2-4(5)7-3;5*2-1-3/h3-5H,9H2,1-2H3;3-5H,1-2H3;2*3-4H,1-2H3;2H,5H2,1H3;;;;;. The zero-order valence-electron chi connectivity index (χ0n) is 31.7. The van der Waals surface area contributed by atoms with Crippen LogP contribution in [0.25, 0.3) is 0 Å². The molecule has 0 saturated heterocycles. The number of carbonyl (C=O) groups excluding carboxylic acids is 10. The third-order valence-corrected chi connectivity index (χ3v) is 5.77. The van der Waals surface area contributed by atoms with Crippen LogP contribution < -0.4 is 11.5 Å². The zero-order valence-corrected chi connectivity index (χ0v) is 32.5. The van der Waals surface area contributed by atoms with Crippen molar-refractivity contribution in [2.75, 3.05) is 11.5 Å². The van der Waals surface area contributed by atoms with Crippen molar-refractivity contribution in [1.82, 2.24) is 29.9 Å². The summed E-state index contributed by atoms with van der Waals surface area (Å²) in [5.41, 5.74) is 18.5. The van der Waals surface area contributed by atoms with Gasteiger partial charge in [0.15, 0.2) is 0 Å². The summed E-state index contributed by atoms with van der Waals surface area (Å²) in [7, 11) is 0. The van der Waals surface area contributed by atoms with E-state index >= 15 is 0 Å². The van der Waals surface area contributed by atoms with Gasteiger partial charge in [0.05, 0.1) is 11.2 Å². The van der Waals surface area contributed by atoms with Crippen LogP contribution in [0.1, 0.15) is 50.6 Å². The smallest absolute Gasteiger partial charge is 0.373 e. The van der Waals surface area contributed by atoms with Gasteiger partial charge in [-0.15, -0.1) is 11.3 Å². The van der Waals surface area contributed by atoms with E-state index in [9.17, 15) is 0 Å². The second-order valence-corrected chi connectivity index (χ2v) is 10.7. The maximum absolute atomic E-state index is 8.12. The molecule has 0 amide bonds. The minimum Gasteiger partial charge on any atom is -0.399 e. The van der Waals surface area contributed by atoms with Gasteiger partial charge in [-0.3, -0.25) is 4.98 Å². The van der Waals surface area contributed by atoms with Crippen molar-refractivity contribution in [3.63, 3.8) is 0 Å². The van der Waals surface area contributed by atoms with E-state index in [1.54, 1.807) is 18.6 Å². The lowest BCUT2D eigenvalue weighted by Crippen LogP contribution is -1.86. The van der Waals surface area contributed by atoms with Gasteiger partial charge in [0.25, 0.3) is 0 Å². The molecular weight excluding hydrogens is 737 g/mol. The van der Waals surface area contributed by atoms with Gasteiger partial charge < -0.3 is 11.5 Å². The Kier molecular flexibility index (Phi) is 42.6. The van der Waals surface area contributed by atoms with E-state index in [2.05, 4.69) is 43.8 Å². The molecule has 5 aromatic rings. The largest absolute Gasteiger partial charge is 0.399 e. The Balaban J connectivity index is -0.000000174. The molecule has 0 aliphatic heterocycles. The minimum atomic E-state index is 0.250. The van der Waals surface area contributed by atoms with Crippen LogP contribution in [0.5, 0.6) is 0 Å². The fraction of sp³-hybridized carbons (Fsp3) is 0.250. The Bertz CT molecular complexity index is 1680. The topological polar surface area (TPSA) is 300 Å². The second kappa shape index (κ2) is 41.1. The van der Waals surface area contributed by atoms with Gasteiger partial charge in [0, 0.05) is 40.9 Å². The Hall–Kier alpha value is -7.34. The van der Waals surface area contributed by atoms with Gasteiger partial charge in [0.2, 0.25) is 0 Å². The molecule has 0 unspecified atom stereocenters. The van der Waals surface area contributed by atoms with Gasteiger partial charge in [-0.05, 0) is 110 Å². The van der Waals surface area contributed by atoms with Gasteiger partial charge in [-0.2, -0.15) is 47.9 Å². The van der Waals surface area contributed by atoms with Crippen molar-refractivity contribution in [3.8, 4) is 0 Å². The first-order valence-corrected chi connectivity index (χ1v) is 15.6. The van der Waals surface area contributed by atoms with Gasteiger partial charge in [-0.25, -0.2) is 24.9 Å². The average Bonchev–Trinajstić information content (AvgIpc) is 3.48. The third kappa shape index (κ3) is 46.7. The number of nitrogens with two attached hydrogens (primary N) is 2. The fourth-order valence-corrected chi connectivity index (χ4v) is 3.52. The van der Waals surface area contributed by atoms with Crippen LogP contribution >= 0.6 is 11.3 Å². The summed E-state index contributed by atoms with van der Waals surface area (Å²) in [5.74, 6) is 1.68. The molecule has 0 fully saturated rings. The summed E-state index contributed by atoms with van der Waals surface area (Å²) in [6.45, 7) is 17.7. The van der Waals surface area contributed by atoms with E-state index in [4.69, 9.17) is 59.4 Å². The molecule has 0 aliphatic carbocycles. The van der Waals surface area contributed by atoms with Gasteiger partial charge in [0.1, 0.15) is 16.6 Å². The van der Waals surface area contributed by atoms with Crippen LogP contribution in [0, 0.1) is 62.3 Å². The highest BCUT2D eigenvalue weighted by Crippen LogP contribution is 2.11. The quantitative estimate of drug-likeness (QED) is 0.211. The molecule has 0 spiro atoms. The molecule has 0 aliphatic rings. The van der Waals surface area contributed by atoms with Gasteiger partial charge >= 0.3 is 30.8 Å². The molecule has 0 radical (unpaired) electrons. The number of nitrogen functional groups attached to an aromatic ring is 2. The van der Waals surface area contributed by atoms with Crippen LogP contribution in [0.15, 0.2) is 67.1 Å². The van der Waals surface area contributed by atoms with Crippen molar-refractivity contribution in [2.45, 2.75) is 62.3 Å².